The number of aryl methyl sites for hydroxylation is 1. The topological polar surface area (TPSA) is 70.5 Å². The van der Waals surface area contributed by atoms with Crippen molar-refractivity contribution in [2.45, 2.75) is 107 Å². The first-order chi connectivity index (χ1) is 22.7. The van der Waals surface area contributed by atoms with Crippen molar-refractivity contribution in [3.63, 3.8) is 0 Å². The molecule has 1 saturated heterocycles. The quantitative estimate of drug-likeness (QED) is 0.234. The van der Waals surface area contributed by atoms with Crippen molar-refractivity contribution < 1.29 is 14.0 Å². The first-order valence-corrected chi connectivity index (χ1v) is 18.4. The zero-order chi connectivity index (χ0) is 34.4. The molecule has 3 aromatic rings. The number of fused-ring (bicyclic) bond motifs is 2. The summed E-state index contributed by atoms with van der Waals surface area (Å²) < 4.78 is 17.1. The van der Waals surface area contributed by atoms with E-state index in [-0.39, 0.29) is 22.7 Å². The minimum absolute atomic E-state index is 0.136. The number of rotatable bonds is 9. The molecular weight excluding hydrogens is 648 g/mol. The van der Waals surface area contributed by atoms with Crippen LogP contribution in [0.4, 0.5) is 4.39 Å². The van der Waals surface area contributed by atoms with Gasteiger partial charge in [-0.05, 0) is 118 Å². The average Bonchev–Trinajstić information content (AvgIpc) is 3.38. The van der Waals surface area contributed by atoms with Crippen LogP contribution in [0.25, 0.3) is 11.0 Å². The van der Waals surface area contributed by atoms with Crippen LogP contribution >= 0.6 is 23.2 Å². The zero-order valence-corrected chi connectivity index (χ0v) is 30.5. The largest absolute Gasteiger partial charge is 0.341 e. The minimum Gasteiger partial charge on any atom is -0.341 e. The molecule has 1 aromatic heterocycles. The summed E-state index contributed by atoms with van der Waals surface area (Å²) in [6.45, 7) is 9.86. The van der Waals surface area contributed by atoms with Crippen LogP contribution in [0.5, 0.6) is 0 Å². The zero-order valence-electron chi connectivity index (χ0n) is 28.9. The van der Waals surface area contributed by atoms with Crippen LogP contribution in [0.3, 0.4) is 0 Å². The number of hydrogen-bond donors (Lipinski definition) is 1. The Balaban J connectivity index is 1.16. The summed E-state index contributed by atoms with van der Waals surface area (Å²) >= 11 is 11.6. The number of carbonyl (C=O) groups excluding carboxylic acids is 2. The summed E-state index contributed by atoms with van der Waals surface area (Å²) in [6, 6.07) is 15.2. The van der Waals surface area contributed by atoms with Crippen molar-refractivity contribution in [1.82, 2.24) is 24.7 Å². The molecular formula is C38H50Cl2FN5O2. The van der Waals surface area contributed by atoms with E-state index in [4.69, 9.17) is 28.2 Å². The summed E-state index contributed by atoms with van der Waals surface area (Å²) in [5, 5.41) is 2.77. The lowest BCUT2D eigenvalue weighted by Crippen LogP contribution is -2.62. The van der Waals surface area contributed by atoms with Gasteiger partial charge in [-0.25, -0.2) is 9.37 Å². The van der Waals surface area contributed by atoms with Gasteiger partial charge in [0, 0.05) is 24.7 Å². The molecule has 6 rings (SSSR count). The molecule has 260 valence electrons. The van der Waals surface area contributed by atoms with E-state index >= 15 is 0 Å². The number of carbonyl (C=O) groups is 2. The second-order valence-corrected chi connectivity index (χ2v) is 16.8. The minimum atomic E-state index is -1.25. The van der Waals surface area contributed by atoms with Gasteiger partial charge in [-0.2, -0.15) is 0 Å². The number of piperidine rings is 1. The smallest absolute Gasteiger partial charge is 0.253 e. The third-order valence-corrected chi connectivity index (χ3v) is 12.4. The molecule has 1 N–H and O–H groups in total. The number of halogens is 3. The third-order valence-electron chi connectivity index (χ3n) is 12.0. The Morgan fingerprint density at radius 2 is 1.77 bits per heavy atom. The first-order valence-electron chi connectivity index (χ1n) is 17.5. The number of nitrogens with one attached hydrogen (secondary N) is 1. The molecule has 2 amide bonds. The Morgan fingerprint density at radius 1 is 1.06 bits per heavy atom. The molecule has 7 nitrogen and oxygen atoms in total. The predicted octanol–water partition coefficient (Wildman–Crippen LogP) is 7.57. The monoisotopic (exact) mass is 697 g/mol. The van der Waals surface area contributed by atoms with Gasteiger partial charge in [0.05, 0.1) is 11.0 Å². The molecule has 2 aromatic carbocycles. The highest BCUT2D eigenvalue weighted by atomic mass is 35.5. The van der Waals surface area contributed by atoms with Crippen LogP contribution in [0.1, 0.15) is 89.6 Å². The highest BCUT2D eigenvalue weighted by Gasteiger charge is 2.53. The molecule has 1 unspecified atom stereocenters. The number of aromatic nitrogens is 2. The number of benzene rings is 2. The van der Waals surface area contributed by atoms with E-state index in [1.807, 2.05) is 31.7 Å². The van der Waals surface area contributed by atoms with Crippen LogP contribution in [0.2, 0.25) is 0 Å². The van der Waals surface area contributed by atoms with Gasteiger partial charge in [0.2, 0.25) is 5.91 Å². The predicted molar refractivity (Wildman–Crippen MR) is 191 cm³/mol. The molecule has 2 aliphatic carbocycles. The molecule has 2 saturated carbocycles. The lowest BCUT2D eigenvalue weighted by molar-refractivity contribution is -0.140. The number of likely N-dealkylation sites (tertiary alicyclic amines) is 1. The maximum atomic E-state index is 14.7. The first kappa shape index (κ1) is 35.2. The Hall–Kier alpha value is -2.68. The summed E-state index contributed by atoms with van der Waals surface area (Å²) in [5.41, 5.74) is 2.72. The highest BCUT2D eigenvalue weighted by Crippen LogP contribution is 2.55. The fourth-order valence-corrected chi connectivity index (χ4v) is 9.19. The molecule has 0 bridgehead atoms. The Bertz CT molecular complexity index is 1650. The molecule has 3 fully saturated rings. The lowest BCUT2D eigenvalue weighted by atomic mass is 9.57. The van der Waals surface area contributed by atoms with Crippen LogP contribution in [0.15, 0.2) is 48.5 Å². The second kappa shape index (κ2) is 13.6. The fraction of sp³-hybridized carbons (Fsp3) is 0.605. The van der Waals surface area contributed by atoms with Crippen LogP contribution in [0, 0.1) is 24.1 Å². The van der Waals surface area contributed by atoms with E-state index in [0.29, 0.717) is 25.0 Å². The van der Waals surface area contributed by atoms with E-state index in [1.165, 1.54) is 24.4 Å². The molecule has 2 heterocycles. The number of hydrogen-bond acceptors (Lipinski definition) is 4. The van der Waals surface area contributed by atoms with Gasteiger partial charge in [0.25, 0.3) is 5.91 Å². The van der Waals surface area contributed by atoms with Gasteiger partial charge in [-0.3, -0.25) is 9.59 Å². The van der Waals surface area contributed by atoms with E-state index in [0.717, 1.165) is 62.0 Å². The van der Waals surface area contributed by atoms with E-state index in [2.05, 4.69) is 53.0 Å². The van der Waals surface area contributed by atoms with Gasteiger partial charge in [-0.15, -0.1) is 0 Å². The number of imidazole rings is 1. The molecule has 1 aliphatic heterocycles. The number of para-hydroxylation sites is 2. The van der Waals surface area contributed by atoms with Crippen LogP contribution in [-0.4, -0.2) is 74.3 Å². The van der Waals surface area contributed by atoms with Crippen molar-refractivity contribution in [3.8, 4) is 0 Å². The summed E-state index contributed by atoms with van der Waals surface area (Å²) in [7, 11) is 2.29. The molecule has 4 atom stereocenters. The van der Waals surface area contributed by atoms with E-state index in [1.54, 1.807) is 12.1 Å². The standard InChI is InChI=1S/C38H50Cl2FN5O2/c1-25-42-30-11-6-7-12-31(30)46(25)29-14-16-38(15-13-27(38)24-29)44(5)20-17-37(26-9-8-10-28(41)23-26)18-21-45(22-19-37)35(48)32(36(2,3)4)43-34(47)33(39)40/h6-12,23,27,29,32-33H,13-22,24H2,1-5H3,(H,43,47)/t27-,29-,32+,38?/m0/s1. The van der Waals surface area contributed by atoms with Gasteiger partial charge in [-0.1, -0.05) is 68.2 Å². The van der Waals surface area contributed by atoms with E-state index < -0.39 is 22.2 Å². The third kappa shape index (κ3) is 6.61. The Kier molecular flexibility index (Phi) is 9.93. The highest BCUT2D eigenvalue weighted by molar-refractivity contribution is 6.53. The van der Waals surface area contributed by atoms with Crippen molar-refractivity contribution in [3.05, 3.63) is 65.7 Å². The maximum Gasteiger partial charge on any atom is 0.253 e. The van der Waals surface area contributed by atoms with Crippen molar-refractivity contribution in [1.29, 1.82) is 0 Å². The fourth-order valence-electron chi connectivity index (χ4n) is 9.06. The normalized spacial score (nSPS) is 24.8. The molecule has 3 aliphatic rings. The van der Waals surface area contributed by atoms with Gasteiger partial charge in [0.1, 0.15) is 17.7 Å². The van der Waals surface area contributed by atoms with Crippen LogP contribution < -0.4 is 5.32 Å². The second-order valence-electron chi connectivity index (χ2n) is 15.7. The SMILES string of the molecule is Cc1nc2ccccc2n1[C@H]1CCC2(N(C)CCC3(c4cccc(F)c4)CCN(C(=O)[C@@H](NC(=O)C(Cl)Cl)C(C)(C)C)CC3)CC[C@H]2C1. The van der Waals surface area contributed by atoms with Gasteiger partial charge >= 0.3 is 0 Å². The molecule has 0 spiro atoms. The summed E-state index contributed by atoms with van der Waals surface area (Å²) in [6.07, 6.45) is 8.25. The van der Waals surface area contributed by atoms with Crippen LogP contribution in [-0.2, 0) is 15.0 Å². The Labute approximate surface area is 294 Å². The van der Waals surface area contributed by atoms with Crippen molar-refractivity contribution >= 4 is 46.0 Å². The number of nitrogens with zero attached hydrogens (tertiary/aromatic N) is 4. The van der Waals surface area contributed by atoms with Crippen molar-refractivity contribution in [2.24, 2.45) is 11.3 Å². The lowest BCUT2D eigenvalue weighted by Gasteiger charge is -2.60. The van der Waals surface area contributed by atoms with Gasteiger partial charge in [0.15, 0.2) is 4.84 Å². The van der Waals surface area contributed by atoms with Gasteiger partial charge < -0.3 is 19.7 Å². The molecule has 0 radical (unpaired) electrons. The van der Waals surface area contributed by atoms with E-state index in [9.17, 15) is 14.0 Å². The Morgan fingerprint density at radius 3 is 2.40 bits per heavy atom. The summed E-state index contributed by atoms with van der Waals surface area (Å²) in [4.78, 5) is 34.3. The maximum absolute atomic E-state index is 14.7. The molecule has 48 heavy (non-hydrogen) atoms. The summed E-state index contributed by atoms with van der Waals surface area (Å²) in [5.74, 6) is 0.795. The number of alkyl halides is 2. The number of amides is 2. The molecule has 10 heteroatoms. The van der Waals surface area contributed by atoms with Crippen molar-refractivity contribution in [2.75, 3.05) is 26.7 Å². The average molecular weight is 699 g/mol.